The fourth-order valence-corrected chi connectivity index (χ4v) is 0.740. The van der Waals surface area contributed by atoms with Crippen molar-refractivity contribution in [2.24, 2.45) is 5.73 Å². The van der Waals surface area contributed by atoms with Gasteiger partial charge < -0.3 is 10.2 Å². The second-order valence-corrected chi connectivity index (χ2v) is 2.49. The number of hydrogen-bond acceptors (Lipinski definition) is 3. The smallest absolute Gasteiger partial charge is 0.430 e. The Balaban J connectivity index is 2.84. The van der Waals surface area contributed by atoms with E-state index in [2.05, 4.69) is 0 Å². The van der Waals surface area contributed by atoms with Crippen LogP contribution in [-0.2, 0) is 0 Å². The van der Waals surface area contributed by atoms with Crippen LogP contribution in [-0.4, -0.2) is 11.9 Å². The molecular formula is C8H7F3N2O. The normalized spacial score (nSPS) is 12.9. The zero-order valence-corrected chi connectivity index (χ0v) is 6.93. The molecule has 0 saturated heterocycles. The molecule has 3 N–H and O–H groups in total. The van der Waals surface area contributed by atoms with Crippen molar-refractivity contribution in [1.29, 1.82) is 5.41 Å². The highest BCUT2D eigenvalue weighted by molar-refractivity contribution is 6.04. The lowest BCUT2D eigenvalue weighted by molar-refractivity contribution is -0.0925. The van der Waals surface area contributed by atoms with E-state index >= 15 is 0 Å². The fourth-order valence-electron chi connectivity index (χ4n) is 0.740. The van der Waals surface area contributed by atoms with E-state index in [4.69, 9.17) is 15.6 Å². The summed E-state index contributed by atoms with van der Waals surface area (Å²) in [6.07, 6.45) is -2.83. The molecule has 0 radical (unpaired) electrons. The second-order valence-electron chi connectivity index (χ2n) is 2.49. The zero-order chi connectivity index (χ0) is 10.8. The van der Waals surface area contributed by atoms with Crippen LogP contribution in [0.15, 0.2) is 34.6 Å². The summed E-state index contributed by atoms with van der Waals surface area (Å²) in [5, 5.41) is 7.21. The number of nitrogens with one attached hydrogen (secondary N) is 1. The minimum Gasteiger partial charge on any atom is -0.463 e. The highest BCUT2D eigenvalue weighted by Crippen LogP contribution is 2.21. The van der Waals surface area contributed by atoms with Crippen LogP contribution in [0.4, 0.5) is 13.2 Å². The average Bonchev–Trinajstić information content (AvgIpc) is 2.53. The van der Waals surface area contributed by atoms with Crippen molar-refractivity contribution >= 4 is 5.71 Å². The van der Waals surface area contributed by atoms with E-state index in [0.29, 0.717) is 6.08 Å². The molecule has 0 amide bonds. The van der Waals surface area contributed by atoms with Gasteiger partial charge in [0, 0.05) is 0 Å². The maximum absolute atomic E-state index is 11.9. The molecule has 0 aromatic carbocycles. The molecule has 0 saturated carbocycles. The van der Waals surface area contributed by atoms with Crippen LogP contribution >= 0.6 is 0 Å². The predicted octanol–water partition coefficient (Wildman–Crippen LogP) is 2.05. The van der Waals surface area contributed by atoms with Gasteiger partial charge in [-0.1, -0.05) is 0 Å². The van der Waals surface area contributed by atoms with E-state index in [-0.39, 0.29) is 5.76 Å². The molecule has 0 aliphatic heterocycles. The molecule has 1 aromatic rings. The minimum absolute atomic E-state index is 0.0391. The summed E-state index contributed by atoms with van der Waals surface area (Å²) in [6, 6.07) is 2.85. The largest absolute Gasteiger partial charge is 0.463 e. The summed E-state index contributed by atoms with van der Waals surface area (Å²) in [7, 11) is 0. The van der Waals surface area contributed by atoms with Crippen molar-refractivity contribution < 1.29 is 17.6 Å². The van der Waals surface area contributed by atoms with Gasteiger partial charge in [-0.2, -0.15) is 13.2 Å². The van der Waals surface area contributed by atoms with Crippen molar-refractivity contribution in [3.05, 3.63) is 35.9 Å². The third kappa shape index (κ3) is 2.38. The van der Waals surface area contributed by atoms with Gasteiger partial charge >= 0.3 is 6.18 Å². The first-order valence-electron chi connectivity index (χ1n) is 3.58. The summed E-state index contributed by atoms with van der Waals surface area (Å²) in [5.41, 5.74) is 2.98. The van der Waals surface area contributed by atoms with Gasteiger partial charge in [0.1, 0.15) is 5.70 Å². The van der Waals surface area contributed by atoms with Crippen LogP contribution in [0.2, 0.25) is 0 Å². The Morgan fingerprint density at radius 1 is 1.50 bits per heavy atom. The number of nitrogens with two attached hydrogens (primary N) is 1. The monoisotopic (exact) mass is 204 g/mol. The molecule has 3 nitrogen and oxygen atoms in total. The van der Waals surface area contributed by atoms with E-state index in [9.17, 15) is 13.2 Å². The topological polar surface area (TPSA) is 63.0 Å². The maximum atomic E-state index is 11.9. The Hall–Kier alpha value is -1.72. The summed E-state index contributed by atoms with van der Waals surface area (Å²) >= 11 is 0. The molecule has 0 bridgehead atoms. The lowest BCUT2D eigenvalue weighted by atomic mass is 10.2. The zero-order valence-electron chi connectivity index (χ0n) is 6.93. The van der Waals surface area contributed by atoms with Gasteiger partial charge in [0.25, 0.3) is 0 Å². The van der Waals surface area contributed by atoms with Crippen LogP contribution in [0.1, 0.15) is 5.76 Å². The Bertz CT molecular complexity index is 351. The van der Waals surface area contributed by atoms with Crippen LogP contribution in [0, 0.1) is 5.41 Å². The Labute approximate surface area is 77.5 Å². The summed E-state index contributed by atoms with van der Waals surface area (Å²) in [5.74, 6) is 0.0391. The quantitative estimate of drug-likeness (QED) is 0.724. The molecule has 1 aromatic heterocycles. The molecule has 14 heavy (non-hydrogen) atoms. The van der Waals surface area contributed by atoms with Gasteiger partial charge in [0.05, 0.1) is 12.0 Å². The van der Waals surface area contributed by atoms with Gasteiger partial charge in [0.15, 0.2) is 5.76 Å². The SMILES string of the molecule is N=C(C=C(N)C(F)(F)F)c1ccco1. The van der Waals surface area contributed by atoms with E-state index < -0.39 is 17.6 Å². The van der Waals surface area contributed by atoms with E-state index in [0.717, 1.165) is 0 Å². The fraction of sp³-hybridized carbons (Fsp3) is 0.125. The number of allylic oxidation sites excluding steroid dienone is 2. The van der Waals surface area contributed by atoms with Gasteiger partial charge in [-0.05, 0) is 18.2 Å². The summed E-state index contributed by atoms with van der Waals surface area (Å²) < 4.78 is 40.5. The van der Waals surface area contributed by atoms with Crippen LogP contribution in [0.5, 0.6) is 0 Å². The highest BCUT2D eigenvalue weighted by atomic mass is 19.4. The second kappa shape index (κ2) is 3.57. The van der Waals surface area contributed by atoms with Crippen LogP contribution in [0.25, 0.3) is 0 Å². The minimum atomic E-state index is -4.61. The molecule has 0 aliphatic carbocycles. The van der Waals surface area contributed by atoms with Crippen molar-refractivity contribution in [2.45, 2.75) is 6.18 Å². The lowest BCUT2D eigenvalue weighted by Crippen LogP contribution is -2.20. The van der Waals surface area contributed by atoms with Gasteiger partial charge in [-0.3, -0.25) is 5.41 Å². The third-order valence-corrected chi connectivity index (χ3v) is 1.41. The van der Waals surface area contributed by atoms with Crippen molar-refractivity contribution in [3.63, 3.8) is 0 Å². The number of hydrogen-bond donors (Lipinski definition) is 2. The Morgan fingerprint density at radius 2 is 2.14 bits per heavy atom. The number of furan rings is 1. The molecule has 1 rings (SSSR count). The summed E-state index contributed by atoms with van der Waals surface area (Å²) in [6.45, 7) is 0. The third-order valence-electron chi connectivity index (χ3n) is 1.41. The molecule has 0 spiro atoms. The van der Waals surface area contributed by atoms with Gasteiger partial charge in [0.2, 0.25) is 0 Å². The molecule has 0 fully saturated rings. The molecule has 0 unspecified atom stereocenters. The lowest BCUT2D eigenvalue weighted by Gasteiger charge is -2.05. The number of halogens is 3. The molecular weight excluding hydrogens is 197 g/mol. The van der Waals surface area contributed by atoms with E-state index in [1.807, 2.05) is 0 Å². The van der Waals surface area contributed by atoms with Gasteiger partial charge in [-0.25, -0.2) is 0 Å². The molecule has 6 heteroatoms. The average molecular weight is 204 g/mol. The van der Waals surface area contributed by atoms with E-state index in [1.54, 1.807) is 0 Å². The Kier molecular flexibility index (Phi) is 2.64. The molecule has 0 aliphatic rings. The molecule has 1 heterocycles. The molecule has 0 atom stereocenters. The van der Waals surface area contributed by atoms with Crippen molar-refractivity contribution in [1.82, 2.24) is 0 Å². The van der Waals surface area contributed by atoms with Gasteiger partial charge in [-0.15, -0.1) is 0 Å². The predicted molar refractivity (Wildman–Crippen MR) is 43.9 cm³/mol. The van der Waals surface area contributed by atoms with Crippen molar-refractivity contribution in [3.8, 4) is 0 Å². The Morgan fingerprint density at radius 3 is 2.57 bits per heavy atom. The first-order chi connectivity index (χ1) is 6.41. The maximum Gasteiger partial charge on any atom is 0.430 e. The van der Waals surface area contributed by atoms with Crippen molar-refractivity contribution in [2.75, 3.05) is 0 Å². The molecule has 76 valence electrons. The number of rotatable bonds is 2. The number of alkyl halides is 3. The first-order valence-corrected chi connectivity index (χ1v) is 3.58. The summed E-state index contributed by atoms with van der Waals surface area (Å²) in [4.78, 5) is 0. The first kappa shape index (κ1) is 10.4. The standard InChI is InChI=1S/C8H7F3N2O/c9-8(10,11)7(13)4-5(12)6-2-1-3-14-6/h1-4,12H,13H2. The highest BCUT2D eigenvalue weighted by Gasteiger charge is 2.31. The van der Waals surface area contributed by atoms with E-state index in [1.165, 1.54) is 18.4 Å². The van der Waals surface area contributed by atoms with Crippen LogP contribution < -0.4 is 5.73 Å². The van der Waals surface area contributed by atoms with Crippen LogP contribution in [0.3, 0.4) is 0 Å².